The minimum absolute atomic E-state index is 0.0995. The Balaban J connectivity index is 2.07. The van der Waals surface area contributed by atoms with Crippen molar-refractivity contribution in [2.45, 2.75) is 42.2 Å². The predicted molar refractivity (Wildman–Crippen MR) is 71.7 cm³/mol. The second-order valence-corrected chi connectivity index (χ2v) is 6.00. The average Bonchev–Trinajstić information content (AvgIpc) is 2.57. The van der Waals surface area contributed by atoms with E-state index in [9.17, 15) is 4.39 Å². The van der Waals surface area contributed by atoms with Crippen LogP contribution in [-0.4, -0.2) is 11.8 Å². The molecule has 2 unspecified atom stereocenters. The summed E-state index contributed by atoms with van der Waals surface area (Å²) in [5, 5.41) is 0.486. The van der Waals surface area contributed by atoms with Gasteiger partial charge in [0.15, 0.2) is 0 Å². The molecule has 0 radical (unpaired) electrons. The Labute approximate surface area is 107 Å². The lowest BCUT2D eigenvalue weighted by molar-refractivity contribution is 0.483. The second-order valence-electron chi connectivity index (χ2n) is 4.72. The van der Waals surface area contributed by atoms with Gasteiger partial charge in [-0.3, -0.25) is 0 Å². The number of rotatable bonds is 3. The van der Waals surface area contributed by atoms with Gasteiger partial charge in [-0.2, -0.15) is 0 Å². The number of hydrogen-bond donors (Lipinski definition) is 1. The minimum Gasteiger partial charge on any atom is -0.330 e. The Morgan fingerprint density at radius 2 is 1.94 bits per heavy atom. The number of benzene rings is 1. The molecule has 2 atom stereocenters. The summed E-state index contributed by atoms with van der Waals surface area (Å²) in [6.07, 6.45) is 6.19. The molecule has 1 saturated carbocycles. The Morgan fingerprint density at radius 3 is 2.71 bits per heavy atom. The molecule has 1 aliphatic rings. The van der Waals surface area contributed by atoms with E-state index in [0.717, 1.165) is 11.4 Å². The largest absolute Gasteiger partial charge is 0.330 e. The zero-order valence-corrected chi connectivity index (χ0v) is 10.9. The van der Waals surface area contributed by atoms with E-state index in [0.29, 0.717) is 11.2 Å². The molecule has 0 spiro atoms. The van der Waals surface area contributed by atoms with Gasteiger partial charge in [-0.05, 0) is 37.4 Å². The molecule has 1 aliphatic carbocycles. The summed E-state index contributed by atoms with van der Waals surface area (Å²) in [5.41, 5.74) is 5.85. The second kappa shape index (κ2) is 6.41. The SMILES string of the molecule is NCC1CCCCCC1Sc1ccccc1F. The first-order chi connectivity index (χ1) is 8.31. The summed E-state index contributed by atoms with van der Waals surface area (Å²) < 4.78 is 13.6. The van der Waals surface area contributed by atoms with Crippen LogP contribution >= 0.6 is 11.8 Å². The molecular formula is C14H20FNS. The van der Waals surface area contributed by atoms with Crippen LogP contribution in [0.1, 0.15) is 32.1 Å². The fourth-order valence-electron chi connectivity index (χ4n) is 2.48. The monoisotopic (exact) mass is 253 g/mol. The summed E-state index contributed by atoms with van der Waals surface area (Å²) >= 11 is 1.68. The summed E-state index contributed by atoms with van der Waals surface area (Å²) in [5.74, 6) is 0.444. The predicted octanol–water partition coefficient (Wildman–Crippen LogP) is 3.83. The van der Waals surface area contributed by atoms with Crippen molar-refractivity contribution < 1.29 is 4.39 Å². The van der Waals surface area contributed by atoms with Gasteiger partial charge in [0.2, 0.25) is 0 Å². The van der Waals surface area contributed by atoms with Crippen molar-refractivity contribution in [1.82, 2.24) is 0 Å². The molecule has 94 valence electrons. The molecule has 1 aromatic carbocycles. The third kappa shape index (κ3) is 3.46. The smallest absolute Gasteiger partial charge is 0.136 e. The highest BCUT2D eigenvalue weighted by atomic mass is 32.2. The number of hydrogen-bond acceptors (Lipinski definition) is 2. The van der Waals surface area contributed by atoms with Crippen molar-refractivity contribution in [3.8, 4) is 0 Å². The zero-order valence-electron chi connectivity index (χ0n) is 10.1. The number of nitrogens with two attached hydrogens (primary N) is 1. The van der Waals surface area contributed by atoms with E-state index in [1.165, 1.54) is 38.2 Å². The molecule has 17 heavy (non-hydrogen) atoms. The van der Waals surface area contributed by atoms with Crippen molar-refractivity contribution in [3.05, 3.63) is 30.1 Å². The van der Waals surface area contributed by atoms with E-state index < -0.39 is 0 Å². The molecule has 0 aromatic heterocycles. The van der Waals surface area contributed by atoms with Gasteiger partial charge in [-0.15, -0.1) is 11.8 Å². The first-order valence-electron chi connectivity index (χ1n) is 6.42. The number of halogens is 1. The van der Waals surface area contributed by atoms with Crippen molar-refractivity contribution in [1.29, 1.82) is 0 Å². The Kier molecular flexibility index (Phi) is 4.86. The molecule has 0 aliphatic heterocycles. The van der Waals surface area contributed by atoms with Crippen LogP contribution < -0.4 is 5.73 Å². The van der Waals surface area contributed by atoms with Crippen LogP contribution in [-0.2, 0) is 0 Å². The maximum absolute atomic E-state index is 13.6. The molecule has 1 aromatic rings. The van der Waals surface area contributed by atoms with Crippen LogP contribution in [0.2, 0.25) is 0 Å². The van der Waals surface area contributed by atoms with E-state index in [-0.39, 0.29) is 5.82 Å². The van der Waals surface area contributed by atoms with Crippen LogP contribution in [0.15, 0.2) is 29.2 Å². The lowest BCUT2D eigenvalue weighted by atomic mass is 10.0. The van der Waals surface area contributed by atoms with Crippen molar-refractivity contribution in [3.63, 3.8) is 0 Å². The maximum atomic E-state index is 13.6. The highest BCUT2D eigenvalue weighted by Gasteiger charge is 2.24. The highest BCUT2D eigenvalue weighted by molar-refractivity contribution is 8.00. The Hall–Kier alpha value is -0.540. The van der Waals surface area contributed by atoms with Crippen LogP contribution in [0.3, 0.4) is 0 Å². The normalized spacial score (nSPS) is 25.5. The Bertz CT molecular complexity index is 356. The van der Waals surface area contributed by atoms with Gasteiger partial charge in [0, 0.05) is 10.1 Å². The van der Waals surface area contributed by atoms with Crippen molar-refractivity contribution in [2.24, 2.45) is 11.7 Å². The molecule has 0 saturated heterocycles. The van der Waals surface area contributed by atoms with Gasteiger partial charge in [0.1, 0.15) is 5.82 Å². The van der Waals surface area contributed by atoms with Gasteiger partial charge in [0.25, 0.3) is 0 Å². The summed E-state index contributed by atoms with van der Waals surface area (Å²) in [4.78, 5) is 0.776. The first-order valence-corrected chi connectivity index (χ1v) is 7.30. The maximum Gasteiger partial charge on any atom is 0.136 e. The Morgan fingerprint density at radius 1 is 1.18 bits per heavy atom. The minimum atomic E-state index is -0.0995. The average molecular weight is 253 g/mol. The molecule has 1 nitrogen and oxygen atoms in total. The van der Waals surface area contributed by atoms with Gasteiger partial charge < -0.3 is 5.73 Å². The van der Waals surface area contributed by atoms with Crippen LogP contribution in [0.25, 0.3) is 0 Å². The molecule has 1 fully saturated rings. The first kappa shape index (κ1) is 12.9. The summed E-state index contributed by atoms with van der Waals surface area (Å²) in [7, 11) is 0. The molecule has 0 heterocycles. The lowest BCUT2D eigenvalue weighted by Gasteiger charge is -2.23. The van der Waals surface area contributed by atoms with Crippen molar-refractivity contribution in [2.75, 3.05) is 6.54 Å². The van der Waals surface area contributed by atoms with Gasteiger partial charge in [0.05, 0.1) is 0 Å². The van der Waals surface area contributed by atoms with Gasteiger partial charge in [-0.1, -0.05) is 31.4 Å². The number of thioether (sulfide) groups is 1. The zero-order chi connectivity index (χ0) is 12.1. The van der Waals surface area contributed by atoms with E-state index in [1.807, 2.05) is 12.1 Å². The standard InChI is InChI=1S/C14H20FNS/c15-12-7-4-5-9-14(12)17-13-8-3-1-2-6-11(13)10-16/h4-5,7,9,11,13H,1-3,6,8,10,16H2. The van der Waals surface area contributed by atoms with E-state index in [1.54, 1.807) is 17.8 Å². The van der Waals surface area contributed by atoms with Crippen molar-refractivity contribution >= 4 is 11.8 Å². The third-order valence-electron chi connectivity index (χ3n) is 3.51. The molecule has 2 rings (SSSR count). The van der Waals surface area contributed by atoms with Crippen LogP contribution in [0, 0.1) is 11.7 Å². The fourth-order valence-corrected chi connectivity index (χ4v) is 3.87. The highest BCUT2D eigenvalue weighted by Crippen LogP contribution is 2.36. The fraction of sp³-hybridized carbons (Fsp3) is 0.571. The molecule has 2 N–H and O–H groups in total. The van der Waals surface area contributed by atoms with E-state index in [4.69, 9.17) is 5.73 Å². The summed E-state index contributed by atoms with van der Waals surface area (Å²) in [6.45, 7) is 0.728. The molecule has 0 bridgehead atoms. The van der Waals surface area contributed by atoms with Gasteiger partial charge >= 0.3 is 0 Å². The molecular weight excluding hydrogens is 233 g/mol. The van der Waals surface area contributed by atoms with Crippen LogP contribution in [0.5, 0.6) is 0 Å². The van der Waals surface area contributed by atoms with E-state index in [2.05, 4.69) is 0 Å². The quantitative estimate of drug-likeness (QED) is 0.829. The topological polar surface area (TPSA) is 26.0 Å². The lowest BCUT2D eigenvalue weighted by Crippen LogP contribution is -2.24. The van der Waals surface area contributed by atoms with E-state index >= 15 is 0 Å². The summed E-state index contributed by atoms with van der Waals surface area (Å²) in [6, 6.07) is 7.06. The molecule has 0 amide bonds. The van der Waals surface area contributed by atoms with Gasteiger partial charge in [-0.25, -0.2) is 4.39 Å². The third-order valence-corrected chi connectivity index (χ3v) is 5.02. The van der Waals surface area contributed by atoms with Crippen LogP contribution in [0.4, 0.5) is 4.39 Å². The molecule has 3 heteroatoms.